The molecule has 0 radical (unpaired) electrons. The molecule has 4 N–H and O–H groups in total. The highest BCUT2D eigenvalue weighted by molar-refractivity contribution is 5.85. The lowest BCUT2D eigenvalue weighted by atomic mass is 10.2. The molecular formula is C9H13ClN4. The fraction of sp³-hybridized carbons (Fsp3) is 0.222. The van der Waals surface area contributed by atoms with E-state index in [-0.39, 0.29) is 12.4 Å². The predicted octanol–water partition coefficient (Wildman–Crippen LogP) is 1.12. The summed E-state index contributed by atoms with van der Waals surface area (Å²) in [6.07, 6.45) is 1.82. The third kappa shape index (κ3) is 1.90. The number of nitrogens with zero attached hydrogens (tertiary/aromatic N) is 2. The van der Waals surface area contributed by atoms with Crippen molar-refractivity contribution in [3.05, 3.63) is 18.2 Å². The van der Waals surface area contributed by atoms with Crippen molar-refractivity contribution < 1.29 is 0 Å². The molecule has 1 aliphatic heterocycles. The highest BCUT2D eigenvalue weighted by Crippen LogP contribution is 2.22. The first-order chi connectivity index (χ1) is 6.27. The van der Waals surface area contributed by atoms with Crippen LogP contribution in [0.15, 0.2) is 23.2 Å². The number of hydrogen-bond acceptors (Lipinski definition) is 4. The molecule has 4 nitrogen and oxygen atoms in total. The van der Waals surface area contributed by atoms with Crippen molar-refractivity contribution in [3.8, 4) is 0 Å². The lowest BCUT2D eigenvalue weighted by Crippen LogP contribution is -2.18. The quantitative estimate of drug-likeness (QED) is 0.686. The van der Waals surface area contributed by atoms with Gasteiger partial charge in [0.1, 0.15) is 0 Å². The second-order valence-electron chi connectivity index (χ2n) is 3.03. The molecule has 5 heteroatoms. The summed E-state index contributed by atoms with van der Waals surface area (Å²) in [7, 11) is 0. The van der Waals surface area contributed by atoms with Gasteiger partial charge in [0, 0.05) is 12.2 Å². The second kappa shape index (κ2) is 4.19. The molecule has 0 bridgehead atoms. The SMILES string of the molecule is Cl.Nc1ccc(N2C=NCC2)cc1N. The maximum Gasteiger partial charge on any atom is 0.0895 e. The van der Waals surface area contributed by atoms with Crippen LogP contribution in [0.2, 0.25) is 0 Å². The average molecular weight is 213 g/mol. The summed E-state index contributed by atoms with van der Waals surface area (Å²) in [6.45, 7) is 1.77. The summed E-state index contributed by atoms with van der Waals surface area (Å²) in [4.78, 5) is 6.17. The number of nitrogen functional groups attached to an aromatic ring is 2. The van der Waals surface area contributed by atoms with E-state index in [1.165, 1.54) is 0 Å². The Morgan fingerprint density at radius 3 is 2.57 bits per heavy atom. The van der Waals surface area contributed by atoms with Gasteiger partial charge in [-0.05, 0) is 18.2 Å². The van der Waals surface area contributed by atoms with Gasteiger partial charge in [0.05, 0.1) is 24.3 Å². The minimum Gasteiger partial charge on any atom is -0.397 e. The molecule has 1 aliphatic rings. The van der Waals surface area contributed by atoms with Crippen LogP contribution in [0.3, 0.4) is 0 Å². The molecule has 1 aromatic carbocycles. The van der Waals surface area contributed by atoms with Crippen LogP contribution in [0.25, 0.3) is 0 Å². The third-order valence-corrected chi connectivity index (χ3v) is 2.09. The second-order valence-corrected chi connectivity index (χ2v) is 3.03. The standard InChI is InChI=1S/C9H12N4.ClH/c10-8-2-1-7(5-9(8)11)13-4-3-12-6-13;/h1-2,5-6H,3-4,10-11H2;1H. The minimum absolute atomic E-state index is 0. The van der Waals surface area contributed by atoms with E-state index in [1.54, 1.807) is 0 Å². The lowest BCUT2D eigenvalue weighted by Gasteiger charge is -2.14. The van der Waals surface area contributed by atoms with Gasteiger partial charge in [0.2, 0.25) is 0 Å². The van der Waals surface area contributed by atoms with Gasteiger partial charge in [0.25, 0.3) is 0 Å². The van der Waals surface area contributed by atoms with Gasteiger partial charge in [-0.3, -0.25) is 4.99 Å². The fourth-order valence-electron chi connectivity index (χ4n) is 1.32. The predicted molar refractivity (Wildman–Crippen MR) is 63.2 cm³/mol. The Morgan fingerprint density at radius 1 is 1.21 bits per heavy atom. The van der Waals surface area contributed by atoms with Crippen molar-refractivity contribution in [2.45, 2.75) is 0 Å². The number of hydrogen-bond donors (Lipinski definition) is 2. The van der Waals surface area contributed by atoms with E-state index in [0.29, 0.717) is 11.4 Å². The van der Waals surface area contributed by atoms with Crippen LogP contribution in [0.4, 0.5) is 17.1 Å². The Morgan fingerprint density at radius 2 is 2.00 bits per heavy atom. The summed E-state index contributed by atoms with van der Waals surface area (Å²) < 4.78 is 0. The molecule has 0 aliphatic carbocycles. The van der Waals surface area contributed by atoms with Crippen molar-refractivity contribution >= 4 is 35.8 Å². The maximum atomic E-state index is 5.69. The van der Waals surface area contributed by atoms with E-state index in [1.807, 2.05) is 24.5 Å². The molecule has 1 aromatic rings. The van der Waals surface area contributed by atoms with Crippen LogP contribution < -0.4 is 16.4 Å². The molecule has 0 unspecified atom stereocenters. The molecule has 0 saturated carbocycles. The van der Waals surface area contributed by atoms with E-state index in [9.17, 15) is 0 Å². The minimum atomic E-state index is 0. The zero-order chi connectivity index (χ0) is 9.26. The number of halogens is 1. The van der Waals surface area contributed by atoms with E-state index in [0.717, 1.165) is 18.8 Å². The molecule has 0 atom stereocenters. The summed E-state index contributed by atoms with van der Waals surface area (Å²) >= 11 is 0. The summed E-state index contributed by atoms with van der Waals surface area (Å²) in [6, 6.07) is 5.63. The Bertz CT molecular complexity index is 351. The first-order valence-electron chi connectivity index (χ1n) is 4.19. The number of rotatable bonds is 1. The zero-order valence-corrected chi connectivity index (χ0v) is 8.50. The normalized spacial score (nSPS) is 14.1. The first-order valence-corrected chi connectivity index (χ1v) is 4.19. The highest BCUT2D eigenvalue weighted by Gasteiger charge is 2.08. The van der Waals surface area contributed by atoms with Gasteiger partial charge < -0.3 is 16.4 Å². The fourth-order valence-corrected chi connectivity index (χ4v) is 1.32. The molecule has 0 fully saturated rings. The zero-order valence-electron chi connectivity index (χ0n) is 7.68. The molecule has 0 aromatic heterocycles. The molecule has 0 saturated heterocycles. The molecule has 14 heavy (non-hydrogen) atoms. The summed E-state index contributed by atoms with van der Waals surface area (Å²) in [5.41, 5.74) is 13.6. The molecule has 2 rings (SSSR count). The number of benzene rings is 1. The summed E-state index contributed by atoms with van der Waals surface area (Å²) in [5.74, 6) is 0. The van der Waals surface area contributed by atoms with Crippen LogP contribution in [0, 0.1) is 0 Å². The maximum absolute atomic E-state index is 5.69. The van der Waals surface area contributed by atoms with E-state index >= 15 is 0 Å². The van der Waals surface area contributed by atoms with E-state index < -0.39 is 0 Å². The van der Waals surface area contributed by atoms with Gasteiger partial charge in [0.15, 0.2) is 0 Å². The van der Waals surface area contributed by atoms with Crippen LogP contribution in [-0.4, -0.2) is 19.4 Å². The average Bonchev–Trinajstić information content (AvgIpc) is 2.62. The van der Waals surface area contributed by atoms with E-state index in [4.69, 9.17) is 11.5 Å². The Balaban J connectivity index is 0.000000980. The van der Waals surface area contributed by atoms with Crippen LogP contribution >= 0.6 is 12.4 Å². The van der Waals surface area contributed by atoms with Crippen molar-refractivity contribution in [2.75, 3.05) is 29.5 Å². The van der Waals surface area contributed by atoms with Gasteiger partial charge in [-0.2, -0.15) is 0 Å². The van der Waals surface area contributed by atoms with Crippen molar-refractivity contribution in [1.82, 2.24) is 0 Å². The smallest absolute Gasteiger partial charge is 0.0895 e. The van der Waals surface area contributed by atoms with Crippen molar-refractivity contribution in [2.24, 2.45) is 4.99 Å². The van der Waals surface area contributed by atoms with Crippen LogP contribution in [-0.2, 0) is 0 Å². The van der Waals surface area contributed by atoms with Crippen molar-refractivity contribution in [1.29, 1.82) is 0 Å². The van der Waals surface area contributed by atoms with Crippen LogP contribution in [0.5, 0.6) is 0 Å². The molecule has 0 spiro atoms. The van der Waals surface area contributed by atoms with Gasteiger partial charge in [-0.1, -0.05) is 0 Å². The Labute approximate surface area is 89.0 Å². The third-order valence-electron chi connectivity index (χ3n) is 2.09. The number of nitrogens with two attached hydrogens (primary N) is 2. The monoisotopic (exact) mass is 212 g/mol. The first kappa shape index (κ1) is 10.7. The molecule has 76 valence electrons. The molecule has 0 amide bonds. The van der Waals surface area contributed by atoms with E-state index in [2.05, 4.69) is 9.89 Å². The largest absolute Gasteiger partial charge is 0.397 e. The Hall–Kier alpha value is -1.42. The molecule has 1 heterocycles. The molecular weight excluding hydrogens is 200 g/mol. The number of anilines is 3. The van der Waals surface area contributed by atoms with Crippen LogP contribution in [0.1, 0.15) is 0 Å². The van der Waals surface area contributed by atoms with Crippen molar-refractivity contribution in [3.63, 3.8) is 0 Å². The van der Waals surface area contributed by atoms with Gasteiger partial charge in [-0.25, -0.2) is 0 Å². The summed E-state index contributed by atoms with van der Waals surface area (Å²) in [5, 5.41) is 0. The number of aliphatic imine (C=N–C) groups is 1. The van der Waals surface area contributed by atoms with Gasteiger partial charge in [-0.15, -0.1) is 12.4 Å². The topological polar surface area (TPSA) is 67.6 Å². The highest BCUT2D eigenvalue weighted by atomic mass is 35.5. The lowest BCUT2D eigenvalue weighted by molar-refractivity contribution is 1.02. The Kier molecular flexibility index (Phi) is 3.19. The van der Waals surface area contributed by atoms with Gasteiger partial charge >= 0.3 is 0 Å².